The summed E-state index contributed by atoms with van der Waals surface area (Å²) in [6.45, 7) is 4.41. The van der Waals surface area contributed by atoms with Gasteiger partial charge in [0.2, 0.25) is 0 Å². The normalized spacial score (nSPS) is 20.6. The van der Waals surface area contributed by atoms with Gasteiger partial charge in [-0.2, -0.15) is 0 Å². The summed E-state index contributed by atoms with van der Waals surface area (Å²) in [5.74, 6) is 1.72. The molecule has 1 aromatic rings. The second-order valence-corrected chi connectivity index (χ2v) is 5.10. The predicted molar refractivity (Wildman–Crippen MR) is 77.0 cm³/mol. The second-order valence-electron chi connectivity index (χ2n) is 5.10. The molecule has 2 rings (SSSR count). The zero-order chi connectivity index (χ0) is 13.8. The van der Waals surface area contributed by atoms with Gasteiger partial charge in [0, 0.05) is 30.3 Å². The lowest BCUT2D eigenvalue weighted by molar-refractivity contribution is 0.193. The molecular weight excluding hydrogens is 240 g/mol. The third-order valence-corrected chi connectivity index (χ3v) is 4.11. The number of nitrogens with zero attached hydrogens (tertiary/aromatic N) is 1. The lowest BCUT2D eigenvalue weighted by Crippen LogP contribution is -2.35. The maximum atomic E-state index is 5.50. The van der Waals surface area contributed by atoms with Crippen molar-refractivity contribution in [2.24, 2.45) is 0 Å². The van der Waals surface area contributed by atoms with Crippen LogP contribution in [-0.2, 0) is 0 Å². The molecule has 0 aromatic heterocycles. The van der Waals surface area contributed by atoms with E-state index in [1.165, 1.54) is 12.0 Å². The highest BCUT2D eigenvalue weighted by Crippen LogP contribution is 2.33. The van der Waals surface area contributed by atoms with E-state index in [0.29, 0.717) is 12.1 Å². The predicted octanol–water partition coefficient (Wildman–Crippen LogP) is 2.06. The fraction of sp³-hybridized carbons (Fsp3) is 0.600. The summed E-state index contributed by atoms with van der Waals surface area (Å²) >= 11 is 0. The van der Waals surface area contributed by atoms with Crippen LogP contribution in [0, 0.1) is 0 Å². The molecule has 2 unspecified atom stereocenters. The Morgan fingerprint density at radius 1 is 1.32 bits per heavy atom. The van der Waals surface area contributed by atoms with E-state index in [0.717, 1.165) is 24.6 Å². The molecule has 0 amide bonds. The van der Waals surface area contributed by atoms with Gasteiger partial charge in [0.1, 0.15) is 11.5 Å². The minimum absolute atomic E-state index is 0.325. The van der Waals surface area contributed by atoms with Crippen LogP contribution in [0.2, 0.25) is 0 Å². The first-order valence-corrected chi connectivity index (χ1v) is 6.82. The van der Waals surface area contributed by atoms with E-state index in [4.69, 9.17) is 9.47 Å². The summed E-state index contributed by atoms with van der Waals surface area (Å²) in [5, 5.41) is 3.41. The average molecular weight is 264 g/mol. The Morgan fingerprint density at radius 2 is 2.11 bits per heavy atom. The van der Waals surface area contributed by atoms with Crippen LogP contribution >= 0.6 is 0 Å². The van der Waals surface area contributed by atoms with Crippen molar-refractivity contribution < 1.29 is 9.47 Å². The highest BCUT2D eigenvalue weighted by Gasteiger charge is 2.25. The summed E-state index contributed by atoms with van der Waals surface area (Å²) in [6.07, 6.45) is 1.21. The van der Waals surface area contributed by atoms with Crippen molar-refractivity contribution in [2.75, 3.05) is 34.4 Å². The molecule has 0 saturated carbocycles. The van der Waals surface area contributed by atoms with E-state index in [-0.39, 0.29) is 0 Å². The molecular formula is C15H24N2O2. The largest absolute Gasteiger partial charge is 0.497 e. The number of methoxy groups -OCH3 is 2. The molecule has 1 heterocycles. The Labute approximate surface area is 115 Å². The first kappa shape index (κ1) is 14.2. The Balaban J connectivity index is 2.19. The summed E-state index contributed by atoms with van der Waals surface area (Å²) in [5.41, 5.74) is 1.21. The number of benzene rings is 1. The molecule has 4 nitrogen and oxygen atoms in total. The zero-order valence-electron chi connectivity index (χ0n) is 12.3. The van der Waals surface area contributed by atoms with Crippen LogP contribution in [0.5, 0.6) is 11.5 Å². The third kappa shape index (κ3) is 3.01. The number of hydrogen-bond acceptors (Lipinski definition) is 4. The molecule has 19 heavy (non-hydrogen) atoms. The highest BCUT2D eigenvalue weighted by molar-refractivity contribution is 5.42. The van der Waals surface area contributed by atoms with Crippen LogP contribution in [0.15, 0.2) is 18.2 Å². The van der Waals surface area contributed by atoms with Crippen LogP contribution in [0.3, 0.4) is 0 Å². The molecule has 1 aromatic carbocycles. The standard InChI is InChI=1S/C15H24N2O2/c1-11(17(2)12-7-8-16-10-12)14-6-5-13(18-3)9-15(14)19-4/h5-6,9,11-12,16H,7-8,10H2,1-4H3. The second kappa shape index (κ2) is 6.26. The van der Waals surface area contributed by atoms with E-state index >= 15 is 0 Å². The van der Waals surface area contributed by atoms with Gasteiger partial charge in [-0.3, -0.25) is 4.90 Å². The van der Waals surface area contributed by atoms with E-state index < -0.39 is 0 Å². The summed E-state index contributed by atoms with van der Waals surface area (Å²) in [7, 11) is 5.57. The van der Waals surface area contributed by atoms with Gasteiger partial charge < -0.3 is 14.8 Å². The van der Waals surface area contributed by atoms with Crippen molar-refractivity contribution in [3.8, 4) is 11.5 Å². The van der Waals surface area contributed by atoms with Crippen LogP contribution in [-0.4, -0.2) is 45.3 Å². The molecule has 2 atom stereocenters. The van der Waals surface area contributed by atoms with Crippen molar-refractivity contribution >= 4 is 0 Å². The van der Waals surface area contributed by atoms with Gasteiger partial charge in [0.15, 0.2) is 0 Å². The van der Waals surface area contributed by atoms with Crippen molar-refractivity contribution in [1.82, 2.24) is 10.2 Å². The lowest BCUT2D eigenvalue weighted by Gasteiger charge is -2.31. The molecule has 0 bridgehead atoms. The van der Waals surface area contributed by atoms with Gasteiger partial charge in [0.05, 0.1) is 14.2 Å². The van der Waals surface area contributed by atoms with E-state index in [2.05, 4.69) is 30.3 Å². The van der Waals surface area contributed by atoms with Crippen LogP contribution in [0.25, 0.3) is 0 Å². The smallest absolute Gasteiger partial charge is 0.127 e. The molecule has 0 aliphatic carbocycles. The average Bonchev–Trinajstić information content (AvgIpc) is 2.99. The molecule has 1 saturated heterocycles. The van der Waals surface area contributed by atoms with Gasteiger partial charge in [-0.1, -0.05) is 6.07 Å². The first-order valence-electron chi connectivity index (χ1n) is 6.82. The minimum atomic E-state index is 0.325. The van der Waals surface area contributed by atoms with E-state index in [9.17, 15) is 0 Å². The third-order valence-electron chi connectivity index (χ3n) is 4.11. The minimum Gasteiger partial charge on any atom is -0.497 e. The zero-order valence-corrected chi connectivity index (χ0v) is 12.3. The molecule has 1 aliphatic heterocycles. The van der Waals surface area contributed by atoms with Crippen molar-refractivity contribution in [3.05, 3.63) is 23.8 Å². The summed E-state index contributed by atoms with van der Waals surface area (Å²) in [4.78, 5) is 2.42. The van der Waals surface area contributed by atoms with Gasteiger partial charge >= 0.3 is 0 Å². The summed E-state index contributed by atoms with van der Waals surface area (Å²) < 4.78 is 10.7. The first-order chi connectivity index (χ1) is 9.17. The molecule has 1 N–H and O–H groups in total. The van der Waals surface area contributed by atoms with Gasteiger partial charge in [-0.05, 0) is 33.0 Å². The van der Waals surface area contributed by atoms with Gasteiger partial charge in [-0.15, -0.1) is 0 Å². The van der Waals surface area contributed by atoms with Crippen molar-refractivity contribution in [3.63, 3.8) is 0 Å². The Bertz CT molecular complexity index is 417. The molecule has 1 fully saturated rings. The number of nitrogens with one attached hydrogen (secondary N) is 1. The van der Waals surface area contributed by atoms with Crippen LogP contribution < -0.4 is 14.8 Å². The van der Waals surface area contributed by atoms with E-state index in [1.54, 1.807) is 14.2 Å². The highest BCUT2D eigenvalue weighted by atomic mass is 16.5. The lowest BCUT2D eigenvalue weighted by atomic mass is 10.0. The fourth-order valence-electron chi connectivity index (χ4n) is 2.69. The number of ether oxygens (including phenoxy) is 2. The van der Waals surface area contributed by atoms with Crippen LogP contribution in [0.1, 0.15) is 24.9 Å². The van der Waals surface area contributed by atoms with Gasteiger partial charge in [-0.25, -0.2) is 0 Å². The quantitative estimate of drug-likeness (QED) is 0.882. The molecule has 0 radical (unpaired) electrons. The van der Waals surface area contributed by atoms with Crippen molar-refractivity contribution in [2.45, 2.75) is 25.4 Å². The number of likely N-dealkylation sites (N-methyl/N-ethyl adjacent to an activating group) is 1. The van der Waals surface area contributed by atoms with Crippen molar-refractivity contribution in [1.29, 1.82) is 0 Å². The van der Waals surface area contributed by atoms with Gasteiger partial charge in [0.25, 0.3) is 0 Å². The fourth-order valence-corrected chi connectivity index (χ4v) is 2.69. The Kier molecular flexibility index (Phi) is 4.66. The molecule has 1 aliphatic rings. The van der Waals surface area contributed by atoms with Crippen LogP contribution in [0.4, 0.5) is 0 Å². The maximum Gasteiger partial charge on any atom is 0.127 e. The molecule has 106 valence electrons. The Hall–Kier alpha value is -1.26. The topological polar surface area (TPSA) is 33.7 Å². The van der Waals surface area contributed by atoms with E-state index in [1.807, 2.05) is 12.1 Å². The summed E-state index contributed by atoms with van der Waals surface area (Å²) in [6, 6.07) is 6.97. The number of rotatable bonds is 5. The SMILES string of the molecule is COc1ccc(C(C)N(C)C2CCNC2)c(OC)c1. The maximum absolute atomic E-state index is 5.50. The monoisotopic (exact) mass is 264 g/mol. The Morgan fingerprint density at radius 3 is 2.68 bits per heavy atom. The molecule has 4 heteroatoms. The molecule has 0 spiro atoms. The number of hydrogen-bond donors (Lipinski definition) is 1.